The molecular weight excluding hydrogens is 264 g/mol. The molecular formula is C13H21ClN4O. The van der Waals surface area contributed by atoms with E-state index in [1.165, 1.54) is 0 Å². The van der Waals surface area contributed by atoms with Gasteiger partial charge in [0.2, 0.25) is 0 Å². The minimum absolute atomic E-state index is 0.0253. The van der Waals surface area contributed by atoms with Crippen molar-refractivity contribution in [2.24, 2.45) is 5.73 Å². The van der Waals surface area contributed by atoms with E-state index in [9.17, 15) is 4.79 Å². The SMILES string of the molecule is CCn1cc(Cl)cc1C(=O)N1CCN(C)CC1CN. The van der Waals surface area contributed by atoms with Crippen molar-refractivity contribution in [1.82, 2.24) is 14.4 Å². The lowest BCUT2D eigenvalue weighted by molar-refractivity contribution is 0.0505. The molecule has 106 valence electrons. The molecule has 1 aromatic rings. The van der Waals surface area contributed by atoms with E-state index in [0.29, 0.717) is 23.8 Å². The monoisotopic (exact) mass is 284 g/mol. The second-order valence-electron chi connectivity index (χ2n) is 4.98. The normalized spacial score (nSPS) is 20.8. The minimum Gasteiger partial charge on any atom is -0.342 e. The van der Waals surface area contributed by atoms with Gasteiger partial charge in [0.15, 0.2) is 0 Å². The first-order valence-electron chi connectivity index (χ1n) is 6.62. The quantitative estimate of drug-likeness (QED) is 0.896. The highest BCUT2D eigenvalue weighted by Gasteiger charge is 2.30. The fourth-order valence-electron chi connectivity index (χ4n) is 2.54. The number of likely N-dealkylation sites (N-methyl/N-ethyl adjacent to an activating group) is 1. The Labute approximate surface area is 118 Å². The van der Waals surface area contributed by atoms with Crippen LogP contribution < -0.4 is 5.73 Å². The molecule has 0 radical (unpaired) electrons. The van der Waals surface area contributed by atoms with E-state index in [-0.39, 0.29) is 11.9 Å². The number of amides is 1. The van der Waals surface area contributed by atoms with Gasteiger partial charge in [-0.1, -0.05) is 11.6 Å². The van der Waals surface area contributed by atoms with Crippen LogP contribution >= 0.6 is 11.6 Å². The Morgan fingerprint density at radius 1 is 1.53 bits per heavy atom. The van der Waals surface area contributed by atoms with Gasteiger partial charge in [0, 0.05) is 38.9 Å². The van der Waals surface area contributed by atoms with Crippen LogP contribution in [0.25, 0.3) is 0 Å². The average molecular weight is 285 g/mol. The van der Waals surface area contributed by atoms with Crippen LogP contribution in [0.15, 0.2) is 12.3 Å². The van der Waals surface area contributed by atoms with Gasteiger partial charge in [0.1, 0.15) is 5.69 Å². The van der Waals surface area contributed by atoms with E-state index in [4.69, 9.17) is 17.3 Å². The lowest BCUT2D eigenvalue weighted by atomic mass is 10.1. The van der Waals surface area contributed by atoms with Crippen LogP contribution in [-0.2, 0) is 6.54 Å². The van der Waals surface area contributed by atoms with Crippen molar-refractivity contribution in [2.45, 2.75) is 19.5 Å². The summed E-state index contributed by atoms with van der Waals surface area (Å²) in [5.74, 6) is 0.0253. The molecule has 0 aromatic carbocycles. The molecule has 1 aliphatic rings. The van der Waals surface area contributed by atoms with Crippen molar-refractivity contribution in [2.75, 3.05) is 33.2 Å². The predicted molar refractivity (Wildman–Crippen MR) is 76.5 cm³/mol. The van der Waals surface area contributed by atoms with Gasteiger partial charge in [-0.15, -0.1) is 0 Å². The van der Waals surface area contributed by atoms with Crippen LogP contribution in [0.4, 0.5) is 0 Å². The van der Waals surface area contributed by atoms with E-state index in [2.05, 4.69) is 11.9 Å². The summed E-state index contributed by atoms with van der Waals surface area (Å²) < 4.78 is 1.89. The van der Waals surface area contributed by atoms with Crippen molar-refractivity contribution in [3.8, 4) is 0 Å². The Kier molecular flexibility index (Phi) is 4.50. The first-order valence-corrected chi connectivity index (χ1v) is 6.99. The van der Waals surface area contributed by atoms with Crippen LogP contribution in [0.3, 0.4) is 0 Å². The minimum atomic E-state index is 0.0253. The molecule has 1 saturated heterocycles. The molecule has 0 spiro atoms. The van der Waals surface area contributed by atoms with Gasteiger partial charge < -0.3 is 20.1 Å². The predicted octanol–water partition coefficient (Wildman–Crippen LogP) is 0.876. The number of hydrogen-bond donors (Lipinski definition) is 1. The number of carbonyl (C=O) groups is 1. The molecule has 2 heterocycles. The fourth-order valence-corrected chi connectivity index (χ4v) is 2.76. The number of hydrogen-bond acceptors (Lipinski definition) is 3. The van der Waals surface area contributed by atoms with Gasteiger partial charge in [-0.2, -0.15) is 0 Å². The molecule has 1 atom stereocenters. The number of piperazine rings is 1. The third-order valence-corrected chi connectivity index (χ3v) is 3.85. The first-order chi connectivity index (χ1) is 9.06. The molecule has 1 unspecified atom stereocenters. The molecule has 19 heavy (non-hydrogen) atoms. The summed E-state index contributed by atoms with van der Waals surface area (Å²) in [4.78, 5) is 16.7. The molecule has 5 nitrogen and oxygen atoms in total. The van der Waals surface area contributed by atoms with Crippen LogP contribution in [0.5, 0.6) is 0 Å². The van der Waals surface area contributed by atoms with Gasteiger partial charge >= 0.3 is 0 Å². The highest BCUT2D eigenvalue weighted by Crippen LogP contribution is 2.18. The Morgan fingerprint density at radius 3 is 2.89 bits per heavy atom. The maximum Gasteiger partial charge on any atom is 0.270 e. The molecule has 0 saturated carbocycles. The van der Waals surface area contributed by atoms with E-state index < -0.39 is 0 Å². The molecule has 1 aliphatic heterocycles. The van der Waals surface area contributed by atoms with E-state index >= 15 is 0 Å². The zero-order chi connectivity index (χ0) is 14.0. The summed E-state index contributed by atoms with van der Waals surface area (Å²) in [6.45, 7) is 5.62. The number of aromatic nitrogens is 1. The van der Waals surface area contributed by atoms with Crippen LogP contribution in [0.2, 0.25) is 5.02 Å². The van der Waals surface area contributed by atoms with Gasteiger partial charge in [0.05, 0.1) is 11.1 Å². The highest BCUT2D eigenvalue weighted by atomic mass is 35.5. The second-order valence-corrected chi connectivity index (χ2v) is 5.42. The van der Waals surface area contributed by atoms with Crippen molar-refractivity contribution in [3.63, 3.8) is 0 Å². The number of rotatable bonds is 3. The number of aryl methyl sites for hydroxylation is 1. The average Bonchev–Trinajstić information content (AvgIpc) is 2.79. The Balaban J connectivity index is 2.22. The Hall–Kier alpha value is -1.04. The molecule has 0 bridgehead atoms. The number of halogens is 1. The molecule has 1 fully saturated rings. The van der Waals surface area contributed by atoms with Crippen molar-refractivity contribution in [1.29, 1.82) is 0 Å². The summed E-state index contributed by atoms with van der Waals surface area (Å²) in [7, 11) is 2.05. The van der Waals surface area contributed by atoms with Crippen LogP contribution in [-0.4, -0.2) is 59.5 Å². The maximum absolute atomic E-state index is 12.6. The van der Waals surface area contributed by atoms with E-state index in [1.807, 2.05) is 16.4 Å². The summed E-state index contributed by atoms with van der Waals surface area (Å²) in [5, 5.41) is 0.601. The third kappa shape index (κ3) is 2.94. The summed E-state index contributed by atoms with van der Waals surface area (Å²) in [5.41, 5.74) is 6.44. The molecule has 1 aromatic heterocycles. The second kappa shape index (κ2) is 5.94. The molecule has 6 heteroatoms. The lowest BCUT2D eigenvalue weighted by Crippen LogP contribution is -2.57. The molecule has 2 rings (SSSR count). The Bertz CT molecular complexity index is 459. The summed E-state index contributed by atoms with van der Waals surface area (Å²) >= 11 is 6.00. The Morgan fingerprint density at radius 2 is 2.26 bits per heavy atom. The van der Waals surface area contributed by atoms with Crippen LogP contribution in [0, 0.1) is 0 Å². The van der Waals surface area contributed by atoms with Gasteiger partial charge in [0.25, 0.3) is 5.91 Å². The zero-order valence-electron chi connectivity index (χ0n) is 11.5. The smallest absolute Gasteiger partial charge is 0.270 e. The molecule has 2 N–H and O–H groups in total. The van der Waals surface area contributed by atoms with Crippen LogP contribution in [0.1, 0.15) is 17.4 Å². The fraction of sp³-hybridized carbons (Fsp3) is 0.615. The zero-order valence-corrected chi connectivity index (χ0v) is 12.2. The summed E-state index contributed by atoms with van der Waals surface area (Å²) in [6, 6.07) is 1.81. The number of nitrogens with zero attached hydrogens (tertiary/aromatic N) is 3. The van der Waals surface area contributed by atoms with Crippen molar-refractivity contribution in [3.05, 3.63) is 23.0 Å². The largest absolute Gasteiger partial charge is 0.342 e. The standard InChI is InChI=1S/C13H21ClN4O/c1-3-17-8-10(14)6-12(17)13(19)18-5-4-16(2)9-11(18)7-15/h6,8,11H,3-5,7,9,15H2,1-2H3. The van der Waals surface area contributed by atoms with E-state index in [1.54, 1.807) is 12.3 Å². The molecule has 0 aliphatic carbocycles. The third-order valence-electron chi connectivity index (χ3n) is 3.64. The van der Waals surface area contributed by atoms with E-state index in [0.717, 1.165) is 19.6 Å². The number of nitrogens with two attached hydrogens (primary N) is 1. The molecule has 1 amide bonds. The van der Waals surface area contributed by atoms with Gasteiger partial charge in [-0.3, -0.25) is 4.79 Å². The first kappa shape index (κ1) is 14.4. The summed E-state index contributed by atoms with van der Waals surface area (Å²) in [6.07, 6.45) is 1.79. The van der Waals surface area contributed by atoms with Crippen molar-refractivity contribution < 1.29 is 4.79 Å². The van der Waals surface area contributed by atoms with Crippen molar-refractivity contribution >= 4 is 17.5 Å². The van der Waals surface area contributed by atoms with Gasteiger partial charge in [-0.05, 0) is 20.0 Å². The highest BCUT2D eigenvalue weighted by molar-refractivity contribution is 6.31. The maximum atomic E-state index is 12.6. The lowest BCUT2D eigenvalue weighted by Gasteiger charge is -2.39. The topological polar surface area (TPSA) is 54.5 Å². The number of carbonyl (C=O) groups excluding carboxylic acids is 1. The van der Waals surface area contributed by atoms with Gasteiger partial charge in [-0.25, -0.2) is 0 Å².